The normalized spacial score (nSPS) is 12.6. The average molecular weight is 346 g/mol. The fraction of sp³-hybridized carbons (Fsp3) is 0.889. The Labute approximate surface area is 146 Å². The Hall–Kier alpha value is -1.14. The van der Waals surface area contributed by atoms with Crippen LogP contribution in [-0.4, -0.2) is 48.6 Å². The first-order chi connectivity index (χ1) is 10.8. The molecule has 0 N–H and O–H groups in total. The second kappa shape index (κ2) is 9.99. The maximum atomic E-state index is 11.8. The highest BCUT2D eigenvalue weighted by Gasteiger charge is 2.30. The van der Waals surface area contributed by atoms with E-state index < -0.39 is 23.1 Å². The van der Waals surface area contributed by atoms with Crippen LogP contribution in [0.1, 0.15) is 68.2 Å². The molecule has 0 aliphatic heterocycles. The highest BCUT2D eigenvalue weighted by Crippen LogP contribution is 2.25. The molecule has 0 aromatic carbocycles. The number of carbonyl (C=O) groups is 2. The zero-order valence-corrected chi connectivity index (χ0v) is 16.4. The number of esters is 2. The summed E-state index contributed by atoms with van der Waals surface area (Å²) in [6.45, 7) is 14.6. The maximum Gasteiger partial charge on any atom is 0.332 e. The van der Waals surface area contributed by atoms with E-state index in [4.69, 9.17) is 18.9 Å². The third-order valence-electron chi connectivity index (χ3n) is 3.18. The first-order valence-corrected chi connectivity index (χ1v) is 8.50. The monoisotopic (exact) mass is 346 g/mol. The van der Waals surface area contributed by atoms with Gasteiger partial charge in [0, 0.05) is 0 Å². The Bertz CT molecular complexity index is 360. The largest absolute Gasteiger partial charge is 0.458 e. The molecule has 0 saturated heterocycles. The molecule has 0 aromatic heterocycles. The molecule has 0 bridgehead atoms. The molecule has 0 radical (unpaired) electrons. The molecular weight excluding hydrogens is 312 g/mol. The Morgan fingerprint density at radius 3 is 1.25 bits per heavy atom. The zero-order chi connectivity index (χ0) is 19.0. The molecule has 0 fully saturated rings. The third-order valence-corrected chi connectivity index (χ3v) is 3.18. The van der Waals surface area contributed by atoms with Gasteiger partial charge >= 0.3 is 11.9 Å². The predicted octanol–water partition coefficient (Wildman–Crippen LogP) is 3.26. The van der Waals surface area contributed by atoms with Gasteiger partial charge in [0.15, 0.2) is 0 Å². The van der Waals surface area contributed by atoms with E-state index in [9.17, 15) is 9.59 Å². The van der Waals surface area contributed by atoms with Crippen molar-refractivity contribution < 1.29 is 28.5 Å². The van der Waals surface area contributed by atoms with Crippen molar-refractivity contribution >= 4 is 11.9 Å². The summed E-state index contributed by atoms with van der Waals surface area (Å²) in [6.07, 6.45) is 1.08. The summed E-state index contributed by atoms with van der Waals surface area (Å²) in [6, 6.07) is 0. The van der Waals surface area contributed by atoms with Gasteiger partial charge in [-0.2, -0.15) is 0 Å². The molecule has 0 aliphatic rings. The Kier molecular flexibility index (Phi) is 9.51. The van der Waals surface area contributed by atoms with Gasteiger partial charge in [-0.1, -0.05) is 0 Å². The first-order valence-electron chi connectivity index (χ1n) is 8.50. The van der Waals surface area contributed by atoms with Crippen molar-refractivity contribution in [2.24, 2.45) is 0 Å². The molecule has 0 aliphatic carbocycles. The highest BCUT2D eigenvalue weighted by molar-refractivity contribution is 5.71. The molecule has 0 amide bonds. The van der Waals surface area contributed by atoms with Crippen LogP contribution in [0.5, 0.6) is 0 Å². The van der Waals surface area contributed by atoms with Crippen LogP contribution in [-0.2, 0) is 28.5 Å². The lowest BCUT2D eigenvalue weighted by molar-refractivity contribution is -0.170. The van der Waals surface area contributed by atoms with E-state index in [0.29, 0.717) is 12.8 Å². The molecule has 6 heteroatoms. The van der Waals surface area contributed by atoms with E-state index in [1.807, 2.05) is 55.4 Å². The van der Waals surface area contributed by atoms with Crippen molar-refractivity contribution in [1.29, 1.82) is 0 Å². The second-order valence-corrected chi connectivity index (χ2v) is 7.69. The first kappa shape index (κ1) is 22.9. The molecule has 0 rings (SSSR count). The van der Waals surface area contributed by atoms with Crippen molar-refractivity contribution in [2.45, 2.75) is 91.6 Å². The maximum absolute atomic E-state index is 11.8. The van der Waals surface area contributed by atoms with Gasteiger partial charge in [0.2, 0.25) is 0 Å². The highest BCUT2D eigenvalue weighted by atomic mass is 16.6. The van der Waals surface area contributed by atoms with Gasteiger partial charge < -0.3 is 18.9 Å². The van der Waals surface area contributed by atoms with Crippen LogP contribution in [0, 0.1) is 0 Å². The van der Waals surface area contributed by atoms with Gasteiger partial charge in [0.05, 0.1) is 12.2 Å². The van der Waals surface area contributed by atoms with Crippen LogP contribution >= 0.6 is 0 Å². The van der Waals surface area contributed by atoms with Crippen LogP contribution in [0.15, 0.2) is 0 Å². The number of hydrogen-bond donors (Lipinski definition) is 0. The standard InChI is InChI=1S/C18H34O6/c1-13(2)21-11-15(19)23-17(5,6)9-10-18(7,8)24-16(20)12-22-14(3)4/h13-14H,9-12H2,1-8H3. The molecule has 0 atom stereocenters. The Morgan fingerprint density at radius 2 is 1.00 bits per heavy atom. The van der Waals surface area contributed by atoms with E-state index >= 15 is 0 Å². The summed E-state index contributed by atoms with van der Waals surface area (Å²) in [5, 5.41) is 0. The number of hydrogen-bond acceptors (Lipinski definition) is 6. The molecule has 0 saturated carbocycles. The molecule has 142 valence electrons. The lowest BCUT2D eigenvalue weighted by Crippen LogP contribution is -2.36. The van der Waals surface area contributed by atoms with Crippen molar-refractivity contribution in [1.82, 2.24) is 0 Å². The molecule has 0 aromatic rings. The minimum absolute atomic E-state index is 0.0212. The van der Waals surface area contributed by atoms with E-state index in [2.05, 4.69) is 0 Å². The van der Waals surface area contributed by atoms with E-state index in [1.165, 1.54) is 0 Å². The van der Waals surface area contributed by atoms with Gasteiger partial charge in [0.1, 0.15) is 24.4 Å². The topological polar surface area (TPSA) is 71.1 Å². The van der Waals surface area contributed by atoms with E-state index in [0.717, 1.165) is 0 Å². The third kappa shape index (κ3) is 12.3. The molecule has 0 heterocycles. The van der Waals surface area contributed by atoms with Gasteiger partial charge in [-0.05, 0) is 68.2 Å². The van der Waals surface area contributed by atoms with Crippen LogP contribution in [0.3, 0.4) is 0 Å². The SMILES string of the molecule is CC(C)OCC(=O)OC(C)(C)CCC(C)(C)OC(=O)COC(C)C. The van der Waals surface area contributed by atoms with Crippen molar-refractivity contribution in [3.8, 4) is 0 Å². The van der Waals surface area contributed by atoms with Gasteiger partial charge in [-0.15, -0.1) is 0 Å². The number of rotatable bonds is 11. The van der Waals surface area contributed by atoms with Crippen molar-refractivity contribution in [3.63, 3.8) is 0 Å². The fourth-order valence-electron chi connectivity index (χ4n) is 1.85. The summed E-state index contributed by atoms with van der Waals surface area (Å²) in [7, 11) is 0. The minimum atomic E-state index is -0.657. The Morgan fingerprint density at radius 1 is 0.708 bits per heavy atom. The van der Waals surface area contributed by atoms with Crippen LogP contribution < -0.4 is 0 Å². The van der Waals surface area contributed by atoms with Crippen molar-refractivity contribution in [3.05, 3.63) is 0 Å². The average Bonchev–Trinajstić information content (AvgIpc) is 2.40. The molecule has 0 spiro atoms. The summed E-state index contributed by atoms with van der Waals surface area (Å²) in [5.41, 5.74) is -1.31. The molecule has 6 nitrogen and oxygen atoms in total. The Balaban J connectivity index is 4.30. The fourth-order valence-corrected chi connectivity index (χ4v) is 1.85. The summed E-state index contributed by atoms with van der Waals surface area (Å²) < 4.78 is 21.3. The quantitative estimate of drug-likeness (QED) is 0.535. The number of ether oxygens (including phenoxy) is 4. The van der Waals surface area contributed by atoms with Gasteiger partial charge in [-0.25, -0.2) is 9.59 Å². The van der Waals surface area contributed by atoms with Crippen LogP contribution in [0.2, 0.25) is 0 Å². The van der Waals surface area contributed by atoms with Crippen molar-refractivity contribution in [2.75, 3.05) is 13.2 Å². The minimum Gasteiger partial charge on any atom is -0.458 e. The lowest BCUT2D eigenvalue weighted by Gasteiger charge is -2.31. The smallest absolute Gasteiger partial charge is 0.332 e. The summed E-state index contributed by atoms with van der Waals surface area (Å²) in [4.78, 5) is 23.5. The van der Waals surface area contributed by atoms with E-state index in [1.54, 1.807) is 0 Å². The predicted molar refractivity (Wildman–Crippen MR) is 91.8 cm³/mol. The zero-order valence-electron chi connectivity index (χ0n) is 16.4. The summed E-state index contributed by atoms with van der Waals surface area (Å²) in [5.74, 6) is -0.789. The molecular formula is C18H34O6. The lowest BCUT2D eigenvalue weighted by atomic mass is 9.94. The summed E-state index contributed by atoms with van der Waals surface area (Å²) >= 11 is 0. The van der Waals surface area contributed by atoms with Crippen LogP contribution in [0.4, 0.5) is 0 Å². The second-order valence-electron chi connectivity index (χ2n) is 7.69. The molecule has 0 unspecified atom stereocenters. The van der Waals surface area contributed by atoms with Gasteiger partial charge in [0.25, 0.3) is 0 Å². The van der Waals surface area contributed by atoms with Gasteiger partial charge in [-0.3, -0.25) is 0 Å². The number of carbonyl (C=O) groups excluding carboxylic acids is 2. The molecule has 24 heavy (non-hydrogen) atoms. The van der Waals surface area contributed by atoms with E-state index in [-0.39, 0.29) is 25.4 Å². The van der Waals surface area contributed by atoms with Crippen LogP contribution in [0.25, 0.3) is 0 Å².